The molecule has 0 bridgehead atoms. The third-order valence-corrected chi connectivity index (χ3v) is 12.4. The van der Waals surface area contributed by atoms with Gasteiger partial charge in [-0.15, -0.1) is 0 Å². The second-order valence-corrected chi connectivity index (χ2v) is 17.7. The van der Waals surface area contributed by atoms with Gasteiger partial charge in [0.05, 0.1) is 11.6 Å². The Morgan fingerprint density at radius 3 is 2.33 bits per heavy atom. The molecule has 3 aliphatic heterocycles. The highest BCUT2D eigenvalue weighted by molar-refractivity contribution is 6.01. The van der Waals surface area contributed by atoms with Gasteiger partial charge >= 0.3 is 0 Å². The monoisotopic (exact) mass is 820 g/mol. The first kappa shape index (κ1) is 40.0. The van der Waals surface area contributed by atoms with E-state index in [-0.39, 0.29) is 34.9 Å². The summed E-state index contributed by atoms with van der Waals surface area (Å²) in [4.78, 5) is 53.1. The molecular weight excluding hydrogens is 769 g/mol. The molecule has 0 radical (unpaired) electrons. The van der Waals surface area contributed by atoms with E-state index in [2.05, 4.69) is 106 Å². The van der Waals surface area contributed by atoms with Crippen molar-refractivity contribution in [2.24, 2.45) is 5.92 Å². The summed E-state index contributed by atoms with van der Waals surface area (Å²) in [5.74, 6) is 0.0815. The molecule has 9 rings (SSSR count). The van der Waals surface area contributed by atoms with E-state index in [9.17, 15) is 14.4 Å². The smallest absolute Gasteiger partial charge is 0.292 e. The van der Waals surface area contributed by atoms with Crippen molar-refractivity contribution in [1.82, 2.24) is 40.9 Å². The lowest BCUT2D eigenvalue weighted by atomic mass is 9.90. The van der Waals surface area contributed by atoms with E-state index < -0.39 is 0 Å². The van der Waals surface area contributed by atoms with Crippen molar-refractivity contribution in [1.29, 1.82) is 0 Å². The number of aryl methyl sites for hydroxylation is 1. The van der Waals surface area contributed by atoms with E-state index in [1.54, 1.807) is 0 Å². The fourth-order valence-corrected chi connectivity index (χ4v) is 8.77. The number of aromatic nitrogens is 5. The second-order valence-electron chi connectivity index (χ2n) is 17.7. The predicted octanol–water partition coefficient (Wildman–Crippen LogP) is 6.38. The van der Waals surface area contributed by atoms with Crippen molar-refractivity contribution in [2.75, 3.05) is 55.6 Å². The predicted molar refractivity (Wildman–Crippen MR) is 234 cm³/mol. The molecule has 3 aromatic carbocycles. The summed E-state index contributed by atoms with van der Waals surface area (Å²) in [5.41, 5.74) is 9.74. The van der Waals surface area contributed by atoms with E-state index in [1.165, 1.54) is 17.8 Å². The average molecular weight is 821 g/mol. The lowest BCUT2D eigenvalue weighted by Gasteiger charge is -2.37. The zero-order valence-corrected chi connectivity index (χ0v) is 35.2. The number of hydrogen-bond donors (Lipinski definition) is 3. The number of carbonyl (C=O) groups is 3. The first-order valence-electron chi connectivity index (χ1n) is 21.3. The summed E-state index contributed by atoms with van der Waals surface area (Å²) in [6.45, 7) is 15.5. The Labute approximate surface area is 355 Å². The van der Waals surface area contributed by atoms with Crippen LogP contribution in [0.4, 0.5) is 11.4 Å². The van der Waals surface area contributed by atoms with Gasteiger partial charge in [0.1, 0.15) is 0 Å². The minimum Gasteiger partial charge on any atom is -0.371 e. The van der Waals surface area contributed by atoms with E-state index in [0.29, 0.717) is 36.8 Å². The van der Waals surface area contributed by atoms with E-state index in [1.807, 2.05) is 46.0 Å². The van der Waals surface area contributed by atoms with Gasteiger partial charge in [-0.25, -0.2) is 4.98 Å². The lowest BCUT2D eigenvalue weighted by molar-refractivity contribution is -0.134. The zero-order chi connectivity index (χ0) is 42.3. The number of piperidine rings is 1. The Hall–Kier alpha value is -6.41. The first-order valence-corrected chi connectivity index (χ1v) is 21.3. The molecule has 3 aromatic heterocycles. The maximum Gasteiger partial charge on any atom is 0.292 e. The minimum atomic E-state index is -0.379. The third-order valence-electron chi connectivity index (χ3n) is 12.4. The number of rotatable bonds is 10. The van der Waals surface area contributed by atoms with Gasteiger partial charge in [0.2, 0.25) is 17.7 Å². The number of H-pyrrole nitrogens is 1. The second kappa shape index (κ2) is 16.6. The SMILES string of the molecule is Cc1cc(-c2[nH]nc3ncc(-c4ccc(N5CCN(CC6CCN(c7ccc(C8CCC(=O)NC8=O)cc7)C6)CC5)cc4)cc23)ccc1CNC(=O)c1noc(C(C)(C)C)n1. The zero-order valence-electron chi connectivity index (χ0n) is 35.2. The molecule has 3 amide bonds. The van der Waals surface area contributed by atoms with Crippen molar-refractivity contribution >= 4 is 40.1 Å². The fourth-order valence-electron chi connectivity index (χ4n) is 8.77. The van der Waals surface area contributed by atoms with Crippen LogP contribution in [0.3, 0.4) is 0 Å². The van der Waals surface area contributed by atoms with Crippen LogP contribution in [0.5, 0.6) is 0 Å². The third kappa shape index (κ3) is 8.63. The van der Waals surface area contributed by atoms with Gasteiger partial charge in [-0.1, -0.05) is 62.3 Å². The normalized spacial score (nSPS) is 18.8. The van der Waals surface area contributed by atoms with Crippen LogP contribution >= 0.6 is 0 Å². The highest BCUT2D eigenvalue weighted by Crippen LogP contribution is 2.33. The highest BCUT2D eigenvalue weighted by atomic mass is 16.5. The molecule has 2 atom stereocenters. The summed E-state index contributed by atoms with van der Waals surface area (Å²) in [6.07, 6.45) is 4.03. The number of nitrogens with one attached hydrogen (secondary N) is 3. The van der Waals surface area contributed by atoms with Crippen LogP contribution in [0.2, 0.25) is 0 Å². The summed E-state index contributed by atoms with van der Waals surface area (Å²) >= 11 is 0. The Morgan fingerprint density at radius 2 is 1.61 bits per heavy atom. The number of fused-ring (bicyclic) bond motifs is 1. The molecule has 61 heavy (non-hydrogen) atoms. The van der Waals surface area contributed by atoms with Gasteiger partial charge in [0, 0.05) is 98.3 Å². The number of benzene rings is 3. The largest absolute Gasteiger partial charge is 0.371 e. The quantitative estimate of drug-likeness (QED) is 0.131. The maximum atomic E-state index is 12.7. The maximum absolute atomic E-state index is 12.7. The number of amides is 3. The number of carbonyl (C=O) groups excluding carboxylic acids is 3. The fraction of sp³-hybridized carbons (Fsp3) is 0.383. The summed E-state index contributed by atoms with van der Waals surface area (Å²) in [5, 5.41) is 17.9. The molecule has 3 saturated heterocycles. The molecule has 0 aliphatic carbocycles. The molecular formula is C47H52N10O4. The lowest BCUT2D eigenvalue weighted by Crippen LogP contribution is -2.48. The first-order chi connectivity index (χ1) is 29.4. The van der Waals surface area contributed by atoms with Gasteiger partial charge in [-0.3, -0.25) is 29.7 Å². The standard InChI is InChI=1S/C47H52N10O4/c1-29-23-33(5-6-34(29)25-49-45(60)43-51-46(61-54-43)47(2,3)4)41-39-24-35(26-48-42(39)53-52-41)31-7-11-36(12-8-31)56-21-19-55(20-22-56)27-30-17-18-57(28-30)37-13-9-32(10-14-37)38-15-16-40(58)50-44(38)59/h5-14,23-24,26,30,38H,15-22,25,27-28H2,1-4H3,(H,49,60)(H,48,52,53)(H,50,58,59). The van der Waals surface area contributed by atoms with E-state index in [4.69, 9.17) is 9.51 Å². The van der Waals surface area contributed by atoms with Crippen molar-refractivity contribution in [3.63, 3.8) is 0 Å². The Morgan fingerprint density at radius 1 is 0.869 bits per heavy atom. The highest BCUT2D eigenvalue weighted by Gasteiger charge is 2.30. The molecule has 6 heterocycles. The number of hydrogen-bond acceptors (Lipinski definition) is 11. The Balaban J connectivity index is 0.774. The van der Waals surface area contributed by atoms with Gasteiger partial charge in [-0.2, -0.15) is 10.1 Å². The van der Waals surface area contributed by atoms with Gasteiger partial charge in [-0.05, 0) is 84.3 Å². The number of anilines is 2. The van der Waals surface area contributed by atoms with Crippen molar-refractivity contribution in [2.45, 2.75) is 64.8 Å². The van der Waals surface area contributed by atoms with Crippen molar-refractivity contribution in [3.8, 4) is 22.4 Å². The van der Waals surface area contributed by atoms with E-state index >= 15 is 0 Å². The van der Waals surface area contributed by atoms with Crippen molar-refractivity contribution in [3.05, 3.63) is 107 Å². The Bertz CT molecular complexity index is 2570. The van der Waals surface area contributed by atoms with Crippen LogP contribution in [0.25, 0.3) is 33.4 Å². The van der Waals surface area contributed by atoms with Crippen LogP contribution < -0.4 is 20.4 Å². The van der Waals surface area contributed by atoms with Crippen molar-refractivity contribution < 1.29 is 18.9 Å². The molecule has 3 aliphatic rings. The molecule has 3 fully saturated rings. The molecule has 0 saturated carbocycles. The number of aromatic amines is 1. The molecule has 6 aromatic rings. The van der Waals surface area contributed by atoms with Crippen LogP contribution in [0.15, 0.2) is 83.5 Å². The summed E-state index contributed by atoms with van der Waals surface area (Å²) in [7, 11) is 0. The topological polar surface area (TPSA) is 165 Å². The molecule has 314 valence electrons. The number of nitrogens with zero attached hydrogens (tertiary/aromatic N) is 7. The van der Waals surface area contributed by atoms with Crippen LogP contribution in [0, 0.1) is 12.8 Å². The van der Waals surface area contributed by atoms with Gasteiger partial charge in [0.25, 0.3) is 11.7 Å². The molecule has 3 N–H and O–H groups in total. The molecule has 14 nitrogen and oxygen atoms in total. The van der Waals surface area contributed by atoms with Crippen LogP contribution in [-0.2, 0) is 21.5 Å². The molecule has 0 spiro atoms. The Kier molecular flexibility index (Phi) is 10.9. The summed E-state index contributed by atoms with van der Waals surface area (Å²) in [6, 6.07) is 25.5. The van der Waals surface area contributed by atoms with Gasteiger partial charge < -0.3 is 19.6 Å². The minimum absolute atomic E-state index is 0.0271. The average Bonchev–Trinajstić information content (AvgIpc) is 4.05. The molecule has 14 heteroatoms. The number of imide groups is 1. The summed E-state index contributed by atoms with van der Waals surface area (Å²) < 4.78 is 5.28. The van der Waals surface area contributed by atoms with Gasteiger partial charge in [0.15, 0.2) is 5.65 Å². The molecule has 2 unspecified atom stereocenters. The van der Waals surface area contributed by atoms with E-state index in [0.717, 1.165) is 90.3 Å². The van der Waals surface area contributed by atoms with Crippen LogP contribution in [0.1, 0.15) is 79.2 Å². The number of pyridine rings is 1. The number of piperazine rings is 1. The van der Waals surface area contributed by atoms with Crippen LogP contribution in [-0.4, -0.2) is 93.8 Å².